The molecule has 0 radical (unpaired) electrons. The van der Waals surface area contributed by atoms with Crippen molar-refractivity contribution in [2.75, 3.05) is 13.7 Å². The number of hydrogen-bond acceptors (Lipinski definition) is 4. The van der Waals surface area contributed by atoms with Gasteiger partial charge in [0, 0.05) is 29.6 Å². The number of nitrogens with one attached hydrogen (secondary N) is 1. The van der Waals surface area contributed by atoms with Crippen LogP contribution in [0.2, 0.25) is 0 Å². The fourth-order valence-electron chi connectivity index (χ4n) is 2.19. The van der Waals surface area contributed by atoms with Crippen LogP contribution in [0.3, 0.4) is 0 Å². The Kier molecular flexibility index (Phi) is 4.93. The lowest BCUT2D eigenvalue weighted by Gasteiger charge is -2.20. The average molecular weight is 276 g/mol. The van der Waals surface area contributed by atoms with E-state index in [1.54, 1.807) is 18.4 Å². The molecule has 1 atom stereocenters. The van der Waals surface area contributed by atoms with Crippen LogP contribution < -0.4 is 10.1 Å². The number of rotatable bonds is 6. The van der Waals surface area contributed by atoms with Gasteiger partial charge < -0.3 is 10.1 Å². The van der Waals surface area contributed by atoms with Gasteiger partial charge in [-0.15, -0.1) is 11.3 Å². The molecule has 102 valence electrons. The zero-order valence-electron chi connectivity index (χ0n) is 11.6. The Morgan fingerprint density at radius 1 is 1.42 bits per heavy atom. The zero-order valence-corrected chi connectivity index (χ0v) is 12.5. The molecule has 0 fully saturated rings. The van der Waals surface area contributed by atoms with E-state index in [-0.39, 0.29) is 6.04 Å². The highest BCUT2D eigenvalue weighted by Gasteiger charge is 2.17. The van der Waals surface area contributed by atoms with Crippen molar-refractivity contribution in [3.8, 4) is 5.75 Å². The standard InChI is InChI=1S/C15H20N2OS/c1-4-16-13(10-15-17-7-8-19-15)12-9-11(2)5-6-14(12)18-3/h5-9,13,16H,4,10H2,1-3H3. The number of thiazole rings is 1. The summed E-state index contributed by atoms with van der Waals surface area (Å²) in [6.07, 6.45) is 2.75. The van der Waals surface area contributed by atoms with Crippen LogP contribution in [-0.2, 0) is 6.42 Å². The highest BCUT2D eigenvalue weighted by Crippen LogP contribution is 2.29. The summed E-state index contributed by atoms with van der Waals surface area (Å²) < 4.78 is 5.49. The normalized spacial score (nSPS) is 12.4. The maximum atomic E-state index is 5.49. The molecule has 4 heteroatoms. The van der Waals surface area contributed by atoms with Crippen LogP contribution in [0.4, 0.5) is 0 Å². The summed E-state index contributed by atoms with van der Waals surface area (Å²) in [5, 5.41) is 6.69. The number of benzene rings is 1. The maximum absolute atomic E-state index is 5.49. The van der Waals surface area contributed by atoms with Crippen LogP contribution in [0, 0.1) is 6.92 Å². The highest BCUT2D eigenvalue weighted by atomic mass is 32.1. The third-order valence-corrected chi connectivity index (χ3v) is 3.88. The van der Waals surface area contributed by atoms with E-state index in [1.165, 1.54) is 11.1 Å². The highest BCUT2D eigenvalue weighted by molar-refractivity contribution is 7.09. The predicted octanol–water partition coefficient (Wildman–Crippen LogP) is 3.35. The fraction of sp³-hybridized carbons (Fsp3) is 0.400. The van der Waals surface area contributed by atoms with Gasteiger partial charge in [0.15, 0.2) is 0 Å². The first-order valence-electron chi connectivity index (χ1n) is 6.51. The van der Waals surface area contributed by atoms with Crippen LogP contribution >= 0.6 is 11.3 Å². The first-order valence-corrected chi connectivity index (χ1v) is 7.38. The lowest BCUT2D eigenvalue weighted by Crippen LogP contribution is -2.23. The van der Waals surface area contributed by atoms with Crippen LogP contribution in [0.5, 0.6) is 5.75 Å². The first-order chi connectivity index (χ1) is 9.24. The monoisotopic (exact) mass is 276 g/mol. The molecule has 1 aromatic carbocycles. The van der Waals surface area contributed by atoms with Gasteiger partial charge in [0.05, 0.1) is 12.1 Å². The van der Waals surface area contributed by atoms with Gasteiger partial charge >= 0.3 is 0 Å². The topological polar surface area (TPSA) is 34.2 Å². The number of aromatic nitrogens is 1. The molecule has 0 saturated heterocycles. The number of likely N-dealkylation sites (N-methyl/N-ethyl adjacent to an activating group) is 1. The molecule has 0 saturated carbocycles. The van der Waals surface area contributed by atoms with Crippen molar-refractivity contribution in [3.63, 3.8) is 0 Å². The Bertz CT molecular complexity index is 511. The first kappa shape index (κ1) is 14.0. The van der Waals surface area contributed by atoms with E-state index < -0.39 is 0 Å². The van der Waals surface area contributed by atoms with Crippen molar-refractivity contribution in [2.24, 2.45) is 0 Å². The molecule has 0 aliphatic heterocycles. The number of aryl methyl sites for hydroxylation is 1. The van der Waals surface area contributed by atoms with Crippen molar-refractivity contribution >= 4 is 11.3 Å². The smallest absolute Gasteiger partial charge is 0.123 e. The predicted molar refractivity (Wildman–Crippen MR) is 80.0 cm³/mol. The molecule has 0 aliphatic carbocycles. The van der Waals surface area contributed by atoms with Crippen LogP contribution in [0.15, 0.2) is 29.8 Å². The zero-order chi connectivity index (χ0) is 13.7. The Labute approximate surface area is 118 Å². The molecular weight excluding hydrogens is 256 g/mol. The van der Waals surface area contributed by atoms with Crippen molar-refractivity contribution in [3.05, 3.63) is 45.9 Å². The summed E-state index contributed by atoms with van der Waals surface area (Å²) in [6, 6.07) is 6.55. The van der Waals surface area contributed by atoms with Gasteiger partial charge in [-0.3, -0.25) is 0 Å². The van der Waals surface area contributed by atoms with Gasteiger partial charge in [-0.2, -0.15) is 0 Å². The van der Waals surface area contributed by atoms with E-state index in [9.17, 15) is 0 Å². The van der Waals surface area contributed by atoms with Crippen LogP contribution in [0.1, 0.15) is 29.1 Å². The molecule has 0 bridgehead atoms. The quantitative estimate of drug-likeness (QED) is 0.878. The Morgan fingerprint density at radius 3 is 2.89 bits per heavy atom. The lowest BCUT2D eigenvalue weighted by molar-refractivity contribution is 0.399. The molecule has 1 unspecified atom stereocenters. The second kappa shape index (κ2) is 6.68. The summed E-state index contributed by atoms with van der Waals surface area (Å²) in [5.41, 5.74) is 2.46. The molecule has 3 nitrogen and oxygen atoms in total. The van der Waals surface area contributed by atoms with Gasteiger partial charge in [-0.25, -0.2) is 4.98 Å². The number of nitrogens with zero attached hydrogens (tertiary/aromatic N) is 1. The lowest BCUT2D eigenvalue weighted by atomic mass is 10.0. The SMILES string of the molecule is CCNC(Cc1nccs1)c1cc(C)ccc1OC. The molecule has 1 heterocycles. The number of methoxy groups -OCH3 is 1. The number of hydrogen-bond donors (Lipinski definition) is 1. The third-order valence-electron chi connectivity index (χ3n) is 3.07. The largest absolute Gasteiger partial charge is 0.496 e. The van der Waals surface area contributed by atoms with E-state index in [1.807, 2.05) is 17.6 Å². The average Bonchev–Trinajstić information content (AvgIpc) is 2.91. The van der Waals surface area contributed by atoms with E-state index in [0.717, 1.165) is 23.7 Å². The number of ether oxygens (including phenoxy) is 1. The fourth-order valence-corrected chi connectivity index (χ4v) is 2.86. The molecule has 19 heavy (non-hydrogen) atoms. The van der Waals surface area contributed by atoms with Gasteiger partial charge in [-0.1, -0.05) is 24.6 Å². The minimum Gasteiger partial charge on any atom is -0.496 e. The van der Waals surface area contributed by atoms with Crippen molar-refractivity contribution in [1.29, 1.82) is 0 Å². The summed E-state index contributed by atoms with van der Waals surface area (Å²) >= 11 is 1.70. The van der Waals surface area contributed by atoms with Gasteiger partial charge in [0.2, 0.25) is 0 Å². The van der Waals surface area contributed by atoms with Crippen molar-refractivity contribution < 1.29 is 4.74 Å². The second-order valence-corrected chi connectivity index (χ2v) is 5.46. The molecule has 0 spiro atoms. The van der Waals surface area contributed by atoms with E-state index in [2.05, 4.69) is 36.3 Å². The maximum Gasteiger partial charge on any atom is 0.123 e. The second-order valence-electron chi connectivity index (χ2n) is 4.49. The summed E-state index contributed by atoms with van der Waals surface area (Å²) in [5.74, 6) is 0.938. The van der Waals surface area contributed by atoms with E-state index in [0.29, 0.717) is 0 Å². The van der Waals surface area contributed by atoms with Gasteiger partial charge in [0.1, 0.15) is 5.75 Å². The Balaban J connectivity index is 2.29. The molecule has 0 aliphatic rings. The molecular formula is C15H20N2OS. The van der Waals surface area contributed by atoms with E-state index >= 15 is 0 Å². The van der Waals surface area contributed by atoms with Crippen molar-refractivity contribution in [2.45, 2.75) is 26.3 Å². The molecule has 1 N–H and O–H groups in total. The van der Waals surface area contributed by atoms with Crippen LogP contribution in [0.25, 0.3) is 0 Å². The van der Waals surface area contributed by atoms with Gasteiger partial charge in [0.25, 0.3) is 0 Å². The summed E-state index contributed by atoms with van der Waals surface area (Å²) in [4.78, 5) is 4.38. The molecule has 1 aromatic heterocycles. The van der Waals surface area contributed by atoms with Gasteiger partial charge in [-0.05, 0) is 19.5 Å². The Morgan fingerprint density at radius 2 is 2.26 bits per heavy atom. The molecule has 2 rings (SSSR count). The summed E-state index contributed by atoms with van der Waals surface area (Å²) in [6.45, 7) is 5.15. The minimum absolute atomic E-state index is 0.242. The Hall–Kier alpha value is -1.39. The molecule has 2 aromatic rings. The minimum atomic E-state index is 0.242. The molecule has 0 amide bonds. The van der Waals surface area contributed by atoms with E-state index in [4.69, 9.17) is 4.74 Å². The third kappa shape index (κ3) is 3.55. The van der Waals surface area contributed by atoms with Crippen LogP contribution in [-0.4, -0.2) is 18.6 Å². The van der Waals surface area contributed by atoms with Crippen molar-refractivity contribution in [1.82, 2.24) is 10.3 Å². The summed E-state index contributed by atoms with van der Waals surface area (Å²) in [7, 11) is 1.72.